The van der Waals surface area contributed by atoms with Crippen molar-refractivity contribution in [2.24, 2.45) is 0 Å². The van der Waals surface area contributed by atoms with Gasteiger partial charge in [-0.15, -0.1) is 0 Å². The van der Waals surface area contributed by atoms with E-state index in [0.717, 1.165) is 25.2 Å². The van der Waals surface area contributed by atoms with E-state index in [1.54, 1.807) is 30.5 Å². The number of aromatic amines is 1. The summed E-state index contributed by atoms with van der Waals surface area (Å²) in [6, 6.07) is 11.9. The zero-order valence-electron chi connectivity index (χ0n) is 14.2. The standard InChI is InChI=1S/C19H19FN4O2/c20-15-5-3-14(4-6-15)13-23-7-9-24(10-8-23)19(25)17-12-16(21-22-17)18-2-1-11-26-18/h1-6,11-12H,7-10,13H2,(H,21,22). The van der Waals surface area contributed by atoms with Gasteiger partial charge in [-0.3, -0.25) is 14.8 Å². The number of carbonyl (C=O) groups is 1. The molecular weight excluding hydrogens is 335 g/mol. The SMILES string of the molecule is O=C(c1cc(-c2ccco2)[nH]n1)N1CCN(Cc2ccc(F)cc2)CC1. The molecule has 7 heteroatoms. The smallest absolute Gasteiger partial charge is 0.274 e. The molecule has 0 saturated carbocycles. The molecule has 6 nitrogen and oxygen atoms in total. The number of nitrogens with zero attached hydrogens (tertiary/aromatic N) is 3. The van der Waals surface area contributed by atoms with E-state index >= 15 is 0 Å². The Morgan fingerprint density at radius 2 is 1.92 bits per heavy atom. The molecule has 3 aromatic rings. The van der Waals surface area contributed by atoms with E-state index in [4.69, 9.17) is 4.42 Å². The van der Waals surface area contributed by atoms with E-state index in [2.05, 4.69) is 15.1 Å². The van der Waals surface area contributed by atoms with Gasteiger partial charge in [0.05, 0.1) is 6.26 Å². The maximum absolute atomic E-state index is 13.0. The Bertz CT molecular complexity index is 865. The van der Waals surface area contributed by atoms with Gasteiger partial charge in [0.2, 0.25) is 0 Å². The van der Waals surface area contributed by atoms with Crippen molar-refractivity contribution in [2.75, 3.05) is 26.2 Å². The molecule has 2 aromatic heterocycles. The van der Waals surface area contributed by atoms with Crippen molar-refractivity contribution in [1.82, 2.24) is 20.0 Å². The average Bonchev–Trinajstić information content (AvgIpc) is 3.35. The lowest BCUT2D eigenvalue weighted by Crippen LogP contribution is -2.48. The maximum atomic E-state index is 13.0. The van der Waals surface area contributed by atoms with Gasteiger partial charge in [0.25, 0.3) is 5.91 Å². The predicted molar refractivity (Wildman–Crippen MR) is 93.9 cm³/mol. The molecule has 1 fully saturated rings. The normalized spacial score (nSPS) is 15.3. The van der Waals surface area contributed by atoms with E-state index < -0.39 is 0 Å². The summed E-state index contributed by atoms with van der Waals surface area (Å²) < 4.78 is 18.3. The summed E-state index contributed by atoms with van der Waals surface area (Å²) in [5.74, 6) is 0.346. The van der Waals surface area contributed by atoms with Gasteiger partial charge in [-0.25, -0.2) is 4.39 Å². The molecule has 1 aliphatic rings. The molecule has 1 N–H and O–H groups in total. The minimum Gasteiger partial charge on any atom is -0.463 e. The van der Waals surface area contributed by atoms with Crippen LogP contribution in [0.5, 0.6) is 0 Å². The number of carbonyl (C=O) groups excluding carboxylic acids is 1. The Kier molecular flexibility index (Phi) is 4.53. The Morgan fingerprint density at radius 1 is 1.15 bits per heavy atom. The molecule has 1 saturated heterocycles. The molecule has 0 spiro atoms. The van der Waals surface area contributed by atoms with Crippen molar-refractivity contribution < 1.29 is 13.6 Å². The molecule has 3 heterocycles. The highest BCUT2D eigenvalue weighted by molar-refractivity contribution is 5.93. The second-order valence-electron chi connectivity index (χ2n) is 6.34. The van der Waals surface area contributed by atoms with Crippen molar-refractivity contribution in [3.8, 4) is 11.5 Å². The molecule has 26 heavy (non-hydrogen) atoms. The van der Waals surface area contributed by atoms with E-state index in [-0.39, 0.29) is 11.7 Å². The summed E-state index contributed by atoms with van der Waals surface area (Å²) in [5.41, 5.74) is 2.15. The number of H-pyrrole nitrogens is 1. The van der Waals surface area contributed by atoms with E-state index in [0.29, 0.717) is 30.2 Å². The summed E-state index contributed by atoms with van der Waals surface area (Å²) in [6.45, 7) is 3.59. The van der Waals surface area contributed by atoms with Crippen molar-refractivity contribution in [2.45, 2.75) is 6.54 Å². The zero-order valence-corrected chi connectivity index (χ0v) is 14.2. The molecule has 1 aromatic carbocycles. The highest BCUT2D eigenvalue weighted by Gasteiger charge is 2.24. The number of nitrogens with one attached hydrogen (secondary N) is 1. The Balaban J connectivity index is 1.34. The van der Waals surface area contributed by atoms with E-state index in [1.165, 1.54) is 12.1 Å². The quantitative estimate of drug-likeness (QED) is 0.782. The van der Waals surface area contributed by atoms with Crippen LogP contribution in [0.15, 0.2) is 53.1 Å². The highest BCUT2D eigenvalue weighted by atomic mass is 19.1. The van der Waals surface area contributed by atoms with Gasteiger partial charge < -0.3 is 9.32 Å². The lowest BCUT2D eigenvalue weighted by molar-refractivity contribution is 0.0622. The third kappa shape index (κ3) is 3.52. The van der Waals surface area contributed by atoms with Gasteiger partial charge in [0, 0.05) is 38.8 Å². The van der Waals surface area contributed by atoms with Crippen LogP contribution in [0.3, 0.4) is 0 Å². The lowest BCUT2D eigenvalue weighted by Gasteiger charge is -2.34. The number of rotatable bonds is 4. The van der Waals surface area contributed by atoms with Crippen molar-refractivity contribution in [3.63, 3.8) is 0 Å². The van der Waals surface area contributed by atoms with Crippen LogP contribution in [0.2, 0.25) is 0 Å². The second kappa shape index (κ2) is 7.13. The first kappa shape index (κ1) is 16.5. The van der Waals surface area contributed by atoms with E-state index in [1.807, 2.05) is 11.0 Å². The molecule has 1 aliphatic heterocycles. The van der Waals surface area contributed by atoms with Crippen molar-refractivity contribution >= 4 is 5.91 Å². The van der Waals surface area contributed by atoms with Gasteiger partial charge in [0.1, 0.15) is 11.5 Å². The first-order valence-electron chi connectivity index (χ1n) is 8.54. The van der Waals surface area contributed by atoms with Gasteiger partial charge in [-0.1, -0.05) is 12.1 Å². The molecular formula is C19H19FN4O2. The van der Waals surface area contributed by atoms with Crippen LogP contribution in [-0.4, -0.2) is 52.1 Å². The van der Waals surface area contributed by atoms with Crippen molar-refractivity contribution in [1.29, 1.82) is 0 Å². The average molecular weight is 354 g/mol. The Morgan fingerprint density at radius 3 is 2.62 bits per heavy atom. The molecule has 0 aliphatic carbocycles. The molecule has 4 rings (SSSR count). The molecule has 0 atom stereocenters. The number of hydrogen-bond acceptors (Lipinski definition) is 4. The zero-order chi connectivity index (χ0) is 17.9. The number of piperazine rings is 1. The largest absolute Gasteiger partial charge is 0.463 e. The van der Waals surface area contributed by atoms with Crippen LogP contribution >= 0.6 is 0 Å². The van der Waals surface area contributed by atoms with Gasteiger partial charge >= 0.3 is 0 Å². The minimum atomic E-state index is -0.225. The molecule has 134 valence electrons. The highest BCUT2D eigenvalue weighted by Crippen LogP contribution is 2.19. The number of benzene rings is 1. The molecule has 0 unspecified atom stereocenters. The first-order chi connectivity index (χ1) is 12.7. The van der Waals surface area contributed by atoms with E-state index in [9.17, 15) is 9.18 Å². The Labute approximate surface area is 150 Å². The molecule has 0 radical (unpaired) electrons. The number of furan rings is 1. The van der Waals surface area contributed by atoms with Crippen LogP contribution in [0, 0.1) is 5.82 Å². The van der Waals surface area contributed by atoms with Crippen LogP contribution in [0.4, 0.5) is 4.39 Å². The predicted octanol–water partition coefficient (Wildman–Crippen LogP) is 2.77. The summed E-state index contributed by atoms with van der Waals surface area (Å²) in [7, 11) is 0. The van der Waals surface area contributed by atoms with Crippen LogP contribution in [-0.2, 0) is 6.54 Å². The second-order valence-corrected chi connectivity index (χ2v) is 6.34. The van der Waals surface area contributed by atoms with Gasteiger partial charge in [-0.05, 0) is 29.8 Å². The van der Waals surface area contributed by atoms with Crippen LogP contribution in [0.25, 0.3) is 11.5 Å². The fraction of sp³-hybridized carbons (Fsp3) is 0.263. The summed E-state index contributed by atoms with van der Waals surface area (Å²) in [4.78, 5) is 16.7. The van der Waals surface area contributed by atoms with Crippen LogP contribution in [0.1, 0.15) is 16.1 Å². The van der Waals surface area contributed by atoms with Gasteiger partial charge in [0.15, 0.2) is 11.5 Å². The number of hydrogen-bond donors (Lipinski definition) is 1. The number of halogens is 1. The number of aromatic nitrogens is 2. The fourth-order valence-electron chi connectivity index (χ4n) is 3.11. The monoisotopic (exact) mass is 354 g/mol. The fourth-order valence-corrected chi connectivity index (χ4v) is 3.11. The van der Waals surface area contributed by atoms with Crippen molar-refractivity contribution in [3.05, 3.63) is 65.8 Å². The molecule has 0 bridgehead atoms. The van der Waals surface area contributed by atoms with Gasteiger partial charge in [-0.2, -0.15) is 5.10 Å². The lowest BCUT2D eigenvalue weighted by atomic mass is 10.2. The topological polar surface area (TPSA) is 65.4 Å². The third-order valence-electron chi connectivity index (χ3n) is 4.56. The number of amides is 1. The maximum Gasteiger partial charge on any atom is 0.274 e. The summed E-state index contributed by atoms with van der Waals surface area (Å²) >= 11 is 0. The Hall–Kier alpha value is -2.93. The summed E-state index contributed by atoms with van der Waals surface area (Å²) in [6.07, 6.45) is 1.58. The third-order valence-corrected chi connectivity index (χ3v) is 4.56. The summed E-state index contributed by atoms with van der Waals surface area (Å²) in [5, 5.41) is 6.96. The first-order valence-corrected chi connectivity index (χ1v) is 8.54. The van der Waals surface area contributed by atoms with Crippen LogP contribution < -0.4 is 0 Å². The minimum absolute atomic E-state index is 0.0829. The molecule has 1 amide bonds.